The van der Waals surface area contributed by atoms with Gasteiger partial charge in [0.05, 0.1) is 35.0 Å². The molecule has 0 N–H and O–H groups in total. The molecule has 1 aromatic heterocycles. The molecule has 11 aromatic rings. The van der Waals surface area contributed by atoms with Crippen molar-refractivity contribution in [2.45, 2.75) is 33.1 Å². The molecule has 0 spiro atoms. The molecule has 63 heavy (non-hydrogen) atoms. The first-order valence-corrected chi connectivity index (χ1v) is 22.7. The molecule has 10 aromatic carbocycles. The third-order valence-corrected chi connectivity index (χ3v) is 14.3. The third-order valence-electron chi connectivity index (χ3n) is 13.2. The van der Waals surface area contributed by atoms with E-state index < -0.39 is 8.24 Å². The second-order valence-corrected chi connectivity index (χ2v) is 17.6. The lowest BCUT2D eigenvalue weighted by Gasteiger charge is -2.17. The Bertz CT molecular complexity index is 3470. The van der Waals surface area contributed by atoms with Gasteiger partial charge in [-0.05, 0) is 98.2 Å². The summed E-state index contributed by atoms with van der Waals surface area (Å²) in [6, 6.07) is 42.7. The van der Waals surface area contributed by atoms with Gasteiger partial charge < -0.3 is 27.3 Å². The van der Waals surface area contributed by atoms with Crippen LogP contribution in [0.3, 0.4) is 0 Å². The van der Waals surface area contributed by atoms with E-state index in [-0.39, 0.29) is 0 Å². The summed E-state index contributed by atoms with van der Waals surface area (Å²) in [5, 5.41) is 18.0. The van der Waals surface area contributed by atoms with Crippen molar-refractivity contribution in [3.05, 3.63) is 121 Å². The van der Waals surface area contributed by atoms with E-state index in [9.17, 15) is 0 Å². The second-order valence-electron chi connectivity index (χ2n) is 16.6. The summed E-state index contributed by atoms with van der Waals surface area (Å²) in [6.07, 6.45) is 3.03. The zero-order chi connectivity index (χ0) is 42.9. The van der Waals surface area contributed by atoms with Gasteiger partial charge in [0.15, 0.2) is 11.2 Å². The van der Waals surface area contributed by atoms with Gasteiger partial charge in [0.25, 0.3) is 0 Å². The minimum atomic E-state index is -2.01. The Labute approximate surface area is 365 Å². The molecule has 0 fully saturated rings. The molecule has 0 bridgehead atoms. The van der Waals surface area contributed by atoms with E-state index in [1.54, 1.807) is 28.4 Å². The molecule has 7 nitrogen and oxygen atoms in total. The summed E-state index contributed by atoms with van der Waals surface area (Å²) >= 11 is 0. The van der Waals surface area contributed by atoms with Gasteiger partial charge in [-0.1, -0.05) is 105 Å². The summed E-state index contributed by atoms with van der Waals surface area (Å²) in [4.78, 5) is 0. The Morgan fingerprint density at radius 3 is 1.32 bits per heavy atom. The summed E-state index contributed by atoms with van der Waals surface area (Å²) in [5.41, 5.74) is 1.31. The molecule has 0 saturated heterocycles. The van der Waals surface area contributed by atoms with Gasteiger partial charge in [0, 0.05) is 53.9 Å². The number of benzene rings is 10. The van der Waals surface area contributed by atoms with Crippen LogP contribution in [0.15, 0.2) is 130 Å². The Morgan fingerprint density at radius 2 is 0.857 bits per heavy atom. The molecule has 8 heteroatoms. The van der Waals surface area contributed by atoms with Crippen molar-refractivity contribution < 1.29 is 31.9 Å². The van der Waals surface area contributed by atoms with Gasteiger partial charge in [0.1, 0.15) is 23.0 Å². The van der Waals surface area contributed by atoms with Gasteiger partial charge in [-0.2, -0.15) is 0 Å². The maximum atomic E-state index is 7.32. The van der Waals surface area contributed by atoms with Gasteiger partial charge in [-0.15, -0.1) is 0 Å². The minimum absolute atomic E-state index is 0.479. The molecule has 0 amide bonds. The van der Waals surface area contributed by atoms with Gasteiger partial charge in [-0.3, -0.25) is 4.52 Å². The quantitative estimate of drug-likeness (QED) is 0.100. The lowest BCUT2D eigenvalue weighted by Crippen LogP contribution is -1.99. The van der Waals surface area contributed by atoms with Gasteiger partial charge in [-0.25, -0.2) is 0 Å². The summed E-state index contributed by atoms with van der Waals surface area (Å²) in [5.74, 6) is 3.41. The highest BCUT2D eigenvalue weighted by atomic mass is 31.1. The van der Waals surface area contributed by atoms with Crippen molar-refractivity contribution in [1.29, 1.82) is 0 Å². The normalized spacial score (nSPS) is 12.5. The highest BCUT2D eigenvalue weighted by Gasteiger charge is 2.25. The van der Waals surface area contributed by atoms with Crippen molar-refractivity contribution in [3.63, 3.8) is 0 Å². The van der Waals surface area contributed by atoms with E-state index in [1.807, 2.05) is 0 Å². The van der Waals surface area contributed by atoms with Crippen LogP contribution in [0.4, 0.5) is 0 Å². The average molecular weight is 851 g/mol. The zero-order valence-corrected chi connectivity index (χ0v) is 37.2. The number of hydrogen-bond acceptors (Lipinski definition) is 7. The lowest BCUT2D eigenvalue weighted by atomic mass is 9.90. The maximum absolute atomic E-state index is 7.32. The van der Waals surface area contributed by atoms with Gasteiger partial charge >= 0.3 is 8.24 Å². The Balaban J connectivity index is 1.41. The first-order valence-electron chi connectivity index (χ1n) is 21.7. The van der Waals surface area contributed by atoms with Crippen molar-refractivity contribution in [3.8, 4) is 23.0 Å². The van der Waals surface area contributed by atoms with Gasteiger partial charge in [0.2, 0.25) is 0 Å². The fourth-order valence-corrected chi connectivity index (χ4v) is 11.0. The van der Waals surface area contributed by atoms with Crippen LogP contribution < -0.4 is 23.5 Å². The van der Waals surface area contributed by atoms with E-state index in [4.69, 9.17) is 31.9 Å². The third kappa shape index (κ3) is 6.12. The number of hydrogen-bond donors (Lipinski definition) is 0. The molecular formula is C55H47O7P. The topological polar surface area (TPSA) is 72.4 Å². The van der Waals surface area contributed by atoms with Crippen LogP contribution in [0.5, 0.6) is 23.0 Å². The van der Waals surface area contributed by atoms with Crippen molar-refractivity contribution >= 4 is 116 Å². The predicted octanol–water partition coefficient (Wildman–Crippen LogP) is 15.8. The summed E-state index contributed by atoms with van der Waals surface area (Å²) < 4.78 is 46.5. The fourth-order valence-electron chi connectivity index (χ4n) is 9.90. The SMILES string of the molecule is CC[C@H](C)CCCOp1oc2c(cc(OC)c3cc(OC)c4ccc5ccc6ccccc6c5c4c32)c2cc(OC)c3cc(OC)c4ccc5ccc6ccccc6c5c4c3c2o1. The number of methoxy groups -OCH3 is 4. The van der Waals surface area contributed by atoms with E-state index in [2.05, 4.69) is 135 Å². The van der Waals surface area contributed by atoms with Crippen molar-refractivity contribution in [2.24, 2.45) is 5.92 Å². The van der Waals surface area contributed by atoms with Crippen LogP contribution in [0, 0.1) is 5.92 Å². The highest BCUT2D eigenvalue weighted by molar-refractivity contribution is 7.31. The van der Waals surface area contributed by atoms with E-state index in [1.165, 1.54) is 0 Å². The zero-order valence-electron chi connectivity index (χ0n) is 36.3. The van der Waals surface area contributed by atoms with Crippen LogP contribution in [0.25, 0.3) is 108 Å². The van der Waals surface area contributed by atoms with Crippen LogP contribution in [0.2, 0.25) is 0 Å². The average Bonchev–Trinajstić information content (AvgIpc) is 3.49. The first kappa shape index (κ1) is 39.2. The number of ether oxygens (including phenoxy) is 4. The molecule has 0 aliphatic carbocycles. The molecule has 0 saturated carbocycles. The predicted molar refractivity (Wildman–Crippen MR) is 263 cm³/mol. The molecule has 1 atom stereocenters. The molecule has 314 valence electrons. The maximum Gasteiger partial charge on any atom is 0.387 e. The Kier molecular flexibility index (Phi) is 9.71. The molecule has 0 aliphatic heterocycles. The van der Waals surface area contributed by atoms with Crippen molar-refractivity contribution in [1.82, 2.24) is 0 Å². The Morgan fingerprint density at radius 1 is 0.444 bits per heavy atom. The Hall–Kier alpha value is -6.66. The molecule has 0 aliphatic rings. The van der Waals surface area contributed by atoms with Crippen LogP contribution in [0.1, 0.15) is 33.1 Å². The molecule has 11 rings (SSSR count). The molecule has 1 heterocycles. The summed E-state index contributed by atoms with van der Waals surface area (Å²) in [6.45, 7) is 5.00. The van der Waals surface area contributed by atoms with Crippen LogP contribution in [-0.4, -0.2) is 35.0 Å². The summed E-state index contributed by atoms with van der Waals surface area (Å²) in [7, 11) is 4.87. The second kappa shape index (κ2) is 15.6. The number of fused-ring (bicyclic) bond motifs is 19. The lowest BCUT2D eigenvalue weighted by molar-refractivity contribution is 0.342. The monoisotopic (exact) mass is 850 g/mol. The standard InChI is InChI=1S/C55H47O7P/c1-7-31(2)13-12-26-60-63-61-54-40(27-46(58-5)42-29-44(56-3)38-24-22-34-20-18-32-14-8-10-16-36(32)48(34)50(38)52(42)54)41-28-47(59-6)43-30-45(57-4)39-25-23-35-21-19-33-15-9-11-17-37(33)49(35)51(39)53(43)55(41)62-63/h8-11,14-25,27-31H,7,12-13,26H2,1-6H3/t31-/m0/s1. The largest absolute Gasteiger partial charge is 0.496 e. The van der Waals surface area contributed by atoms with Crippen molar-refractivity contribution in [2.75, 3.05) is 35.0 Å². The van der Waals surface area contributed by atoms with E-state index in [0.717, 1.165) is 128 Å². The fraction of sp³-hybridized carbons (Fsp3) is 0.200. The van der Waals surface area contributed by atoms with E-state index in [0.29, 0.717) is 35.2 Å². The smallest absolute Gasteiger partial charge is 0.387 e. The van der Waals surface area contributed by atoms with E-state index >= 15 is 0 Å². The van der Waals surface area contributed by atoms with Crippen LogP contribution >= 0.6 is 8.24 Å². The minimum Gasteiger partial charge on any atom is -0.496 e. The first-order chi connectivity index (χ1) is 30.9. The van der Waals surface area contributed by atoms with Crippen LogP contribution in [-0.2, 0) is 0 Å². The highest BCUT2D eigenvalue weighted by Crippen LogP contribution is 2.52. The molecule has 0 radical (unpaired) electrons. The number of rotatable bonds is 10. The molecule has 0 unspecified atom stereocenters. The molecular weight excluding hydrogens is 804 g/mol.